The van der Waals surface area contributed by atoms with E-state index in [-0.39, 0.29) is 6.04 Å². The number of carbonyl (C=O) groups is 2. The van der Waals surface area contributed by atoms with Gasteiger partial charge in [0.2, 0.25) is 0 Å². The minimum absolute atomic E-state index is 0.253. The monoisotopic (exact) mass is 505 g/mol. The third kappa shape index (κ3) is 4.61. The number of carbonyl (C=O) groups excluding carboxylic acids is 1. The Bertz CT molecular complexity index is 1600. The topological polar surface area (TPSA) is 93.4 Å². The first-order valence-electron chi connectivity index (χ1n) is 12.8. The number of hydrogen-bond acceptors (Lipinski definition) is 4. The van der Waals surface area contributed by atoms with Gasteiger partial charge in [-0.15, -0.1) is 0 Å². The number of nitrogens with one attached hydrogen (secondary N) is 1. The molecular weight excluding hydrogens is 478 g/mol. The van der Waals surface area contributed by atoms with Gasteiger partial charge in [-0.25, -0.2) is 9.48 Å². The molecular formula is C31H27N3O4. The van der Waals surface area contributed by atoms with Gasteiger partial charge in [-0.1, -0.05) is 66.4 Å². The van der Waals surface area contributed by atoms with Gasteiger partial charge >= 0.3 is 12.1 Å². The predicted octanol–water partition coefficient (Wildman–Crippen LogP) is 6.20. The van der Waals surface area contributed by atoms with Crippen LogP contribution in [0.15, 0.2) is 72.9 Å². The summed E-state index contributed by atoms with van der Waals surface area (Å²) >= 11 is 0. The van der Waals surface area contributed by atoms with Gasteiger partial charge in [0.1, 0.15) is 11.9 Å². The van der Waals surface area contributed by atoms with Gasteiger partial charge in [-0.3, -0.25) is 10.1 Å². The lowest BCUT2D eigenvalue weighted by Gasteiger charge is -2.15. The molecule has 7 heteroatoms. The first-order chi connectivity index (χ1) is 18.4. The van der Waals surface area contributed by atoms with E-state index in [4.69, 9.17) is 4.74 Å². The zero-order valence-corrected chi connectivity index (χ0v) is 21.0. The zero-order chi connectivity index (χ0) is 26.3. The van der Waals surface area contributed by atoms with Crippen LogP contribution in [0.3, 0.4) is 0 Å². The molecule has 1 aromatic heterocycles. The highest BCUT2D eigenvalue weighted by Gasteiger charge is 2.51. The fourth-order valence-electron chi connectivity index (χ4n) is 4.76. The summed E-state index contributed by atoms with van der Waals surface area (Å²) in [6, 6.07) is 21.6. The van der Waals surface area contributed by atoms with E-state index >= 15 is 0 Å². The molecule has 0 bridgehead atoms. The van der Waals surface area contributed by atoms with Gasteiger partial charge in [0.25, 0.3) is 0 Å². The Morgan fingerprint density at radius 1 is 1.05 bits per heavy atom. The standard InChI is InChI=1S/C31H27N3O4/c1-20(22-5-3-2-4-6-22)38-30(37)33-28-25(19-32-34(28)27-13-14-27)10-8-21-7-9-24-18-26(12-11-23(24)17-21)31(15-16-31)29(35)36/h2-7,9,11-12,17-20,27H,13-16H2,1H3,(H,33,37)(H,35,36). The molecule has 4 aromatic rings. The molecule has 2 N–H and O–H groups in total. The Morgan fingerprint density at radius 2 is 1.79 bits per heavy atom. The van der Waals surface area contributed by atoms with Crippen LogP contribution in [0.4, 0.5) is 10.6 Å². The highest BCUT2D eigenvalue weighted by molar-refractivity contribution is 5.90. The summed E-state index contributed by atoms with van der Waals surface area (Å²) in [4.78, 5) is 24.4. The molecule has 0 aliphatic heterocycles. The van der Waals surface area contributed by atoms with Gasteiger partial charge in [0.05, 0.1) is 23.2 Å². The molecule has 1 heterocycles. The van der Waals surface area contributed by atoms with Crippen molar-refractivity contribution in [2.75, 3.05) is 5.32 Å². The molecule has 0 radical (unpaired) electrons. The third-order valence-corrected chi connectivity index (χ3v) is 7.36. The second kappa shape index (κ2) is 9.38. The van der Waals surface area contributed by atoms with Crippen molar-refractivity contribution in [3.63, 3.8) is 0 Å². The molecule has 2 aliphatic carbocycles. The van der Waals surface area contributed by atoms with Crippen LogP contribution in [0.1, 0.15) is 67.0 Å². The first kappa shape index (κ1) is 23.8. The van der Waals surface area contributed by atoms with E-state index in [1.807, 2.05) is 78.3 Å². The molecule has 38 heavy (non-hydrogen) atoms. The summed E-state index contributed by atoms with van der Waals surface area (Å²) < 4.78 is 7.42. The minimum Gasteiger partial charge on any atom is -0.481 e. The Morgan fingerprint density at radius 3 is 2.50 bits per heavy atom. The largest absolute Gasteiger partial charge is 0.481 e. The Hall–Kier alpha value is -4.57. The summed E-state index contributed by atoms with van der Waals surface area (Å²) in [5.41, 5.74) is 2.48. The van der Waals surface area contributed by atoms with Gasteiger partial charge < -0.3 is 9.84 Å². The molecule has 2 fully saturated rings. The normalized spacial score (nSPS) is 16.2. The minimum atomic E-state index is -0.756. The Kier molecular flexibility index (Phi) is 5.88. The van der Waals surface area contributed by atoms with Crippen LogP contribution in [0.2, 0.25) is 0 Å². The lowest BCUT2D eigenvalue weighted by molar-refractivity contribution is -0.140. The van der Waals surface area contributed by atoms with Crippen LogP contribution >= 0.6 is 0 Å². The van der Waals surface area contributed by atoms with Gasteiger partial charge in [-0.2, -0.15) is 5.10 Å². The maximum Gasteiger partial charge on any atom is 0.413 e. The lowest BCUT2D eigenvalue weighted by atomic mass is 9.93. The number of ether oxygens (including phenoxy) is 1. The van der Waals surface area contributed by atoms with Crippen LogP contribution in [-0.4, -0.2) is 26.9 Å². The number of anilines is 1. The summed E-state index contributed by atoms with van der Waals surface area (Å²) in [5.74, 6) is 6.14. The van der Waals surface area contributed by atoms with Crippen molar-refractivity contribution in [3.8, 4) is 11.8 Å². The van der Waals surface area contributed by atoms with E-state index in [9.17, 15) is 14.7 Å². The number of aliphatic carboxylic acids is 1. The van der Waals surface area contributed by atoms with E-state index in [0.717, 1.165) is 40.3 Å². The van der Waals surface area contributed by atoms with E-state index in [2.05, 4.69) is 22.3 Å². The van der Waals surface area contributed by atoms with Crippen molar-refractivity contribution in [3.05, 3.63) is 95.2 Å². The lowest BCUT2D eigenvalue weighted by Crippen LogP contribution is -2.19. The number of amides is 1. The molecule has 2 saturated carbocycles. The average molecular weight is 506 g/mol. The number of aromatic nitrogens is 2. The number of benzene rings is 3. The summed E-state index contributed by atoms with van der Waals surface area (Å²) in [6.07, 6.45) is 4.11. The number of nitrogens with zero attached hydrogens (tertiary/aromatic N) is 2. The van der Waals surface area contributed by atoms with Crippen LogP contribution in [0.25, 0.3) is 10.8 Å². The third-order valence-electron chi connectivity index (χ3n) is 7.36. The fraction of sp³-hybridized carbons (Fsp3) is 0.258. The van der Waals surface area contributed by atoms with Crippen LogP contribution in [0, 0.1) is 11.8 Å². The van der Waals surface area contributed by atoms with Crippen molar-refractivity contribution >= 4 is 28.7 Å². The molecule has 6 rings (SSSR count). The highest BCUT2D eigenvalue weighted by Crippen LogP contribution is 2.49. The maximum atomic E-state index is 12.7. The van der Waals surface area contributed by atoms with Crippen LogP contribution < -0.4 is 5.32 Å². The van der Waals surface area contributed by atoms with E-state index in [1.54, 1.807) is 6.20 Å². The Labute approximate surface area is 220 Å². The van der Waals surface area contributed by atoms with Crippen molar-refractivity contribution in [1.82, 2.24) is 9.78 Å². The number of rotatable bonds is 6. The zero-order valence-electron chi connectivity index (χ0n) is 21.0. The molecule has 1 atom stereocenters. The number of carboxylic acid groups (broad SMARTS) is 1. The maximum absolute atomic E-state index is 12.7. The molecule has 1 unspecified atom stereocenters. The molecule has 2 aliphatic rings. The highest BCUT2D eigenvalue weighted by atomic mass is 16.6. The van der Waals surface area contributed by atoms with Crippen molar-refractivity contribution in [2.45, 2.75) is 50.2 Å². The number of carboxylic acids is 1. The second-order valence-electron chi connectivity index (χ2n) is 10.1. The van der Waals surface area contributed by atoms with Crippen molar-refractivity contribution in [2.24, 2.45) is 0 Å². The Balaban J connectivity index is 1.22. The summed E-state index contributed by atoms with van der Waals surface area (Å²) in [7, 11) is 0. The fourth-order valence-corrected chi connectivity index (χ4v) is 4.76. The number of hydrogen-bond donors (Lipinski definition) is 2. The van der Waals surface area contributed by atoms with Crippen LogP contribution in [0.5, 0.6) is 0 Å². The molecule has 0 spiro atoms. The molecule has 1 amide bonds. The van der Waals surface area contributed by atoms with Crippen molar-refractivity contribution in [1.29, 1.82) is 0 Å². The number of fused-ring (bicyclic) bond motifs is 1. The predicted molar refractivity (Wildman–Crippen MR) is 144 cm³/mol. The average Bonchev–Trinajstić information content (AvgIpc) is 3.86. The quantitative estimate of drug-likeness (QED) is 0.305. The smallest absolute Gasteiger partial charge is 0.413 e. The van der Waals surface area contributed by atoms with Crippen molar-refractivity contribution < 1.29 is 19.4 Å². The molecule has 190 valence electrons. The van der Waals surface area contributed by atoms with E-state index in [0.29, 0.717) is 24.2 Å². The van der Waals surface area contributed by atoms with Crippen LogP contribution in [-0.2, 0) is 14.9 Å². The molecule has 3 aromatic carbocycles. The molecule has 0 saturated heterocycles. The van der Waals surface area contributed by atoms with E-state index < -0.39 is 23.6 Å². The van der Waals surface area contributed by atoms with Gasteiger partial charge in [0.15, 0.2) is 0 Å². The first-order valence-corrected chi connectivity index (χ1v) is 12.8. The summed E-state index contributed by atoms with van der Waals surface area (Å²) in [5, 5.41) is 18.9. The summed E-state index contributed by atoms with van der Waals surface area (Å²) in [6.45, 7) is 1.84. The molecule has 7 nitrogen and oxygen atoms in total. The van der Waals surface area contributed by atoms with E-state index in [1.165, 1.54) is 0 Å². The van der Waals surface area contributed by atoms with Gasteiger partial charge in [0, 0.05) is 5.56 Å². The second-order valence-corrected chi connectivity index (χ2v) is 10.1. The van der Waals surface area contributed by atoms with Gasteiger partial charge in [-0.05, 0) is 66.6 Å². The SMILES string of the molecule is CC(OC(=O)Nc1c(C#Cc2ccc3cc(C4(C(=O)O)CC4)ccc3c2)cnn1C1CC1)c1ccccc1.